The number of ketones is 1. The third-order valence-electron chi connectivity index (χ3n) is 5.27. The molecular formula is C23H19N3O2S3. The van der Waals surface area contributed by atoms with E-state index in [1.807, 2.05) is 61.0 Å². The Morgan fingerprint density at radius 1 is 1.16 bits per heavy atom. The van der Waals surface area contributed by atoms with Gasteiger partial charge in [-0.15, -0.1) is 34.4 Å². The van der Waals surface area contributed by atoms with Crippen LogP contribution < -0.4 is 5.56 Å². The van der Waals surface area contributed by atoms with Gasteiger partial charge in [-0.2, -0.15) is 0 Å². The molecule has 5 nitrogen and oxygen atoms in total. The summed E-state index contributed by atoms with van der Waals surface area (Å²) in [4.78, 5) is 38.5. The van der Waals surface area contributed by atoms with Crippen LogP contribution in [0.1, 0.15) is 34.0 Å². The fraction of sp³-hybridized carbons (Fsp3) is 0.174. The third kappa shape index (κ3) is 3.64. The lowest BCUT2D eigenvalue weighted by Gasteiger charge is -2.10. The first kappa shape index (κ1) is 20.2. The topological polar surface area (TPSA) is 78.6 Å². The van der Waals surface area contributed by atoms with Crippen molar-refractivity contribution in [2.24, 2.45) is 0 Å². The summed E-state index contributed by atoms with van der Waals surface area (Å²) in [7, 11) is 0. The zero-order valence-electron chi connectivity index (χ0n) is 16.9. The van der Waals surface area contributed by atoms with Crippen molar-refractivity contribution in [3.8, 4) is 10.4 Å². The number of nitrogens with one attached hydrogen (secondary N) is 2. The summed E-state index contributed by atoms with van der Waals surface area (Å²) in [6, 6.07) is 11.8. The molecule has 8 heteroatoms. The van der Waals surface area contributed by atoms with Gasteiger partial charge >= 0.3 is 0 Å². The van der Waals surface area contributed by atoms with Crippen molar-refractivity contribution in [2.45, 2.75) is 19.1 Å². The van der Waals surface area contributed by atoms with Gasteiger partial charge in [0, 0.05) is 38.0 Å². The number of carbonyl (C=O) groups is 1. The second-order valence-electron chi connectivity index (χ2n) is 7.30. The molecule has 2 N–H and O–H groups in total. The van der Waals surface area contributed by atoms with Gasteiger partial charge in [0.2, 0.25) is 0 Å². The van der Waals surface area contributed by atoms with E-state index in [1.54, 1.807) is 11.3 Å². The smallest absolute Gasteiger partial charge is 0.260 e. The van der Waals surface area contributed by atoms with Gasteiger partial charge in [0.25, 0.3) is 5.56 Å². The fourth-order valence-electron chi connectivity index (χ4n) is 3.76. The second kappa shape index (κ2) is 8.11. The third-order valence-corrected chi connectivity index (χ3v) is 8.20. The van der Waals surface area contributed by atoms with Crippen LogP contribution in [0.3, 0.4) is 0 Å². The quantitative estimate of drug-likeness (QED) is 0.294. The molecule has 0 aliphatic heterocycles. The van der Waals surface area contributed by atoms with E-state index in [0.29, 0.717) is 17.0 Å². The van der Waals surface area contributed by atoms with Crippen LogP contribution in [0, 0.1) is 6.92 Å². The number of aryl methyl sites for hydroxylation is 1. The number of benzene rings is 1. The number of thiophene rings is 2. The van der Waals surface area contributed by atoms with Crippen LogP contribution in [-0.4, -0.2) is 26.5 Å². The van der Waals surface area contributed by atoms with Crippen LogP contribution in [0.2, 0.25) is 0 Å². The maximum atomic E-state index is 13.0. The largest absolute Gasteiger partial charge is 0.358 e. The first-order valence-electron chi connectivity index (χ1n) is 9.80. The maximum Gasteiger partial charge on any atom is 0.260 e. The molecule has 1 unspecified atom stereocenters. The zero-order chi connectivity index (χ0) is 21.5. The number of H-pyrrole nitrogens is 2. The molecule has 1 aromatic carbocycles. The number of fused-ring (bicyclic) bond motifs is 2. The monoisotopic (exact) mass is 465 g/mol. The van der Waals surface area contributed by atoms with Crippen molar-refractivity contribution in [2.75, 3.05) is 5.75 Å². The Balaban J connectivity index is 1.38. The van der Waals surface area contributed by atoms with Gasteiger partial charge in [-0.25, -0.2) is 4.98 Å². The highest BCUT2D eigenvalue weighted by Gasteiger charge is 2.20. The Kier molecular flexibility index (Phi) is 5.29. The van der Waals surface area contributed by atoms with Crippen molar-refractivity contribution < 1.29 is 4.79 Å². The Morgan fingerprint density at radius 3 is 2.81 bits per heavy atom. The Hall–Kier alpha value is -2.68. The molecule has 31 heavy (non-hydrogen) atoms. The molecule has 5 aromatic rings. The number of para-hydroxylation sites is 1. The molecule has 156 valence electrons. The van der Waals surface area contributed by atoms with Gasteiger partial charge < -0.3 is 9.97 Å². The summed E-state index contributed by atoms with van der Waals surface area (Å²) in [5, 5.41) is 5.47. The molecule has 5 rings (SSSR count). The van der Waals surface area contributed by atoms with E-state index in [1.165, 1.54) is 23.1 Å². The van der Waals surface area contributed by atoms with E-state index in [9.17, 15) is 9.59 Å². The van der Waals surface area contributed by atoms with E-state index in [2.05, 4.69) is 9.97 Å². The minimum atomic E-state index is -0.129. The predicted molar refractivity (Wildman–Crippen MR) is 132 cm³/mol. The number of Topliss-reactive ketones (excluding diaryl/α,β-unsaturated/α-hetero) is 1. The van der Waals surface area contributed by atoms with E-state index < -0.39 is 0 Å². The first-order valence-corrected chi connectivity index (χ1v) is 12.6. The maximum absolute atomic E-state index is 13.0. The average molecular weight is 466 g/mol. The molecule has 0 bridgehead atoms. The molecular weight excluding hydrogens is 446 g/mol. The highest BCUT2D eigenvalue weighted by molar-refractivity contribution is 8.00. The van der Waals surface area contributed by atoms with Crippen molar-refractivity contribution in [3.63, 3.8) is 0 Å². The Bertz CT molecular complexity index is 1460. The number of carbonyl (C=O) groups excluding carboxylic acids is 1. The summed E-state index contributed by atoms with van der Waals surface area (Å²) >= 11 is 4.57. The molecule has 0 saturated carbocycles. The summed E-state index contributed by atoms with van der Waals surface area (Å²) in [6.07, 6.45) is 0. The molecule has 4 heterocycles. The van der Waals surface area contributed by atoms with Crippen molar-refractivity contribution in [1.29, 1.82) is 0 Å². The first-order chi connectivity index (χ1) is 15.0. The van der Waals surface area contributed by atoms with Crippen LogP contribution in [-0.2, 0) is 0 Å². The van der Waals surface area contributed by atoms with E-state index in [-0.39, 0.29) is 16.6 Å². The summed E-state index contributed by atoms with van der Waals surface area (Å²) < 4.78 is 0. The van der Waals surface area contributed by atoms with Crippen LogP contribution in [0.4, 0.5) is 0 Å². The number of rotatable bonds is 6. The predicted octanol–water partition coefficient (Wildman–Crippen LogP) is 6.18. The molecule has 0 radical (unpaired) electrons. The van der Waals surface area contributed by atoms with Gasteiger partial charge in [0.15, 0.2) is 5.78 Å². The lowest BCUT2D eigenvalue weighted by Crippen LogP contribution is -2.13. The van der Waals surface area contributed by atoms with Gasteiger partial charge in [-0.05, 0) is 31.4 Å². The Morgan fingerprint density at radius 2 is 2.00 bits per heavy atom. The molecule has 0 aliphatic carbocycles. The van der Waals surface area contributed by atoms with E-state index in [0.717, 1.165) is 37.4 Å². The molecule has 0 aliphatic rings. The molecule has 0 fully saturated rings. The van der Waals surface area contributed by atoms with Gasteiger partial charge in [-0.3, -0.25) is 9.59 Å². The molecule has 4 aromatic heterocycles. The highest BCUT2D eigenvalue weighted by Crippen LogP contribution is 2.35. The minimum absolute atomic E-state index is 0.0753. The van der Waals surface area contributed by atoms with Crippen molar-refractivity contribution in [1.82, 2.24) is 15.0 Å². The minimum Gasteiger partial charge on any atom is -0.358 e. The molecule has 0 saturated heterocycles. The average Bonchev–Trinajstić information content (AvgIpc) is 3.49. The SMILES string of the molecule is Cc1[nH]c2ccccc2c1C(=O)CSC(C)c1nc2scc(-c3cccs3)c2c(=O)[nH]1. The summed E-state index contributed by atoms with van der Waals surface area (Å²) in [6.45, 7) is 3.90. The van der Waals surface area contributed by atoms with Crippen LogP contribution in [0.25, 0.3) is 31.6 Å². The van der Waals surface area contributed by atoms with E-state index >= 15 is 0 Å². The van der Waals surface area contributed by atoms with Crippen LogP contribution in [0.15, 0.2) is 52.0 Å². The standard InChI is InChI=1S/C23H19N3O2S3/c1-12-19(14-6-3-4-7-16(14)24-12)17(27)11-30-13(2)21-25-22(28)20-15(10-31-23(20)26-21)18-8-5-9-29-18/h3-10,13,24H,11H2,1-2H3,(H,25,26,28). The number of aromatic amines is 2. The second-order valence-corrected chi connectivity index (χ2v) is 10.4. The van der Waals surface area contributed by atoms with Crippen LogP contribution >= 0.6 is 34.4 Å². The lowest BCUT2D eigenvalue weighted by atomic mass is 10.1. The number of nitrogens with zero attached hydrogens (tertiary/aromatic N) is 1. The Labute approximate surface area is 190 Å². The van der Waals surface area contributed by atoms with E-state index in [4.69, 9.17) is 4.98 Å². The highest BCUT2D eigenvalue weighted by atomic mass is 32.2. The molecule has 0 spiro atoms. The van der Waals surface area contributed by atoms with Gasteiger partial charge in [0.1, 0.15) is 10.7 Å². The summed E-state index contributed by atoms with van der Waals surface area (Å²) in [5.41, 5.74) is 3.40. The molecule has 1 atom stereocenters. The van der Waals surface area contributed by atoms with Gasteiger partial charge in [-0.1, -0.05) is 24.3 Å². The summed E-state index contributed by atoms with van der Waals surface area (Å²) in [5.74, 6) is 0.994. The normalized spacial score (nSPS) is 12.6. The number of hydrogen-bond donors (Lipinski definition) is 2. The van der Waals surface area contributed by atoms with Crippen LogP contribution in [0.5, 0.6) is 0 Å². The number of hydrogen-bond acceptors (Lipinski definition) is 6. The fourth-order valence-corrected chi connectivity index (χ4v) is 6.34. The number of aromatic nitrogens is 3. The van der Waals surface area contributed by atoms with Crippen molar-refractivity contribution >= 4 is 61.3 Å². The number of thioether (sulfide) groups is 1. The van der Waals surface area contributed by atoms with Gasteiger partial charge in [0.05, 0.1) is 16.4 Å². The van der Waals surface area contributed by atoms with Crippen molar-refractivity contribution in [3.05, 3.63) is 74.6 Å². The lowest BCUT2D eigenvalue weighted by molar-refractivity contribution is 0.102. The molecule has 0 amide bonds. The zero-order valence-corrected chi connectivity index (χ0v) is 19.3.